The average Bonchev–Trinajstić information content (AvgIpc) is 2.90. The highest BCUT2D eigenvalue weighted by Crippen LogP contribution is 2.23. The van der Waals surface area contributed by atoms with Gasteiger partial charge in [0.2, 0.25) is 0 Å². The first-order chi connectivity index (χ1) is 9.99. The molecule has 2 atom stereocenters. The van der Waals surface area contributed by atoms with E-state index in [1.54, 1.807) is 0 Å². The zero-order valence-corrected chi connectivity index (χ0v) is 13.1. The summed E-state index contributed by atoms with van der Waals surface area (Å²) in [4.78, 5) is 14.4. The van der Waals surface area contributed by atoms with Gasteiger partial charge in [-0.05, 0) is 45.5 Å². The van der Waals surface area contributed by atoms with Crippen molar-refractivity contribution >= 4 is 11.6 Å². The summed E-state index contributed by atoms with van der Waals surface area (Å²) in [7, 11) is 4.03. The summed E-state index contributed by atoms with van der Waals surface area (Å²) in [5, 5.41) is 3.00. The van der Waals surface area contributed by atoms with Crippen molar-refractivity contribution in [2.24, 2.45) is 5.73 Å². The van der Waals surface area contributed by atoms with Gasteiger partial charge in [0.1, 0.15) is 6.10 Å². The molecule has 0 unspecified atom stereocenters. The molecule has 0 spiro atoms. The van der Waals surface area contributed by atoms with Gasteiger partial charge in [-0.3, -0.25) is 4.79 Å². The highest BCUT2D eigenvalue weighted by atomic mass is 16.5. The Balaban J connectivity index is 2.06. The second kappa shape index (κ2) is 7.02. The molecule has 1 aromatic rings. The van der Waals surface area contributed by atoms with Crippen molar-refractivity contribution < 1.29 is 9.53 Å². The molecule has 3 N–H and O–H groups in total. The van der Waals surface area contributed by atoms with E-state index in [4.69, 9.17) is 10.5 Å². The van der Waals surface area contributed by atoms with Crippen molar-refractivity contribution in [2.45, 2.75) is 38.5 Å². The van der Waals surface area contributed by atoms with Crippen molar-refractivity contribution in [3.63, 3.8) is 0 Å². The maximum Gasteiger partial charge on any atom is 0.253 e. The third kappa shape index (κ3) is 4.27. The van der Waals surface area contributed by atoms with Crippen LogP contribution in [0.1, 0.15) is 24.0 Å². The van der Waals surface area contributed by atoms with Crippen molar-refractivity contribution in [2.75, 3.05) is 26.0 Å². The lowest BCUT2D eigenvalue weighted by molar-refractivity contribution is -0.126. The van der Waals surface area contributed by atoms with E-state index >= 15 is 0 Å². The molecule has 0 aliphatic carbocycles. The Kier molecular flexibility index (Phi) is 5.33. The largest absolute Gasteiger partial charge is 0.364 e. The van der Waals surface area contributed by atoms with E-state index in [1.165, 1.54) is 5.56 Å². The molecule has 1 fully saturated rings. The Morgan fingerprint density at radius 3 is 2.81 bits per heavy atom. The third-order valence-electron chi connectivity index (χ3n) is 3.67. The molecule has 0 saturated carbocycles. The van der Waals surface area contributed by atoms with Gasteiger partial charge in [-0.15, -0.1) is 0 Å². The minimum atomic E-state index is -0.382. The molecule has 5 nitrogen and oxygen atoms in total. The number of carbonyl (C=O) groups is 1. The van der Waals surface area contributed by atoms with E-state index in [1.807, 2.05) is 26.2 Å². The smallest absolute Gasteiger partial charge is 0.253 e. The average molecular weight is 291 g/mol. The van der Waals surface area contributed by atoms with Gasteiger partial charge in [0.25, 0.3) is 5.91 Å². The second-order valence-electron chi connectivity index (χ2n) is 5.95. The van der Waals surface area contributed by atoms with Crippen molar-refractivity contribution in [1.29, 1.82) is 0 Å². The number of carbonyl (C=O) groups excluding carboxylic acids is 1. The predicted octanol–water partition coefficient (Wildman–Crippen LogP) is 1.50. The number of nitrogens with one attached hydrogen (secondary N) is 1. The van der Waals surface area contributed by atoms with Crippen LogP contribution in [0.3, 0.4) is 0 Å². The number of hydrogen-bond acceptors (Lipinski definition) is 4. The van der Waals surface area contributed by atoms with Gasteiger partial charge >= 0.3 is 0 Å². The normalized spacial score (nSPS) is 21.8. The Morgan fingerprint density at radius 2 is 2.19 bits per heavy atom. The van der Waals surface area contributed by atoms with Crippen LogP contribution < -0.4 is 11.1 Å². The third-order valence-corrected chi connectivity index (χ3v) is 3.67. The number of hydrogen-bond donors (Lipinski definition) is 2. The van der Waals surface area contributed by atoms with Gasteiger partial charge in [0.05, 0.1) is 6.10 Å². The maximum absolute atomic E-state index is 12.3. The lowest BCUT2D eigenvalue weighted by Crippen LogP contribution is -2.30. The number of amides is 1. The van der Waals surface area contributed by atoms with Crippen LogP contribution in [0.4, 0.5) is 5.69 Å². The predicted molar refractivity (Wildman–Crippen MR) is 84.1 cm³/mol. The molecule has 0 bridgehead atoms. The molecule has 1 aromatic carbocycles. The number of nitrogens with two attached hydrogens (primary N) is 1. The summed E-state index contributed by atoms with van der Waals surface area (Å²) < 4.78 is 5.64. The Bertz CT molecular complexity index is 502. The SMILES string of the molecule is Cc1ccc(NC(=O)[C@@H]2CC[C@H](CN)O2)c(CN(C)C)c1. The van der Waals surface area contributed by atoms with Crippen LogP contribution in [0.15, 0.2) is 18.2 Å². The number of ether oxygens (including phenoxy) is 1. The molecule has 1 amide bonds. The highest BCUT2D eigenvalue weighted by Gasteiger charge is 2.30. The summed E-state index contributed by atoms with van der Waals surface area (Å²) in [6, 6.07) is 6.07. The highest BCUT2D eigenvalue weighted by molar-refractivity contribution is 5.95. The summed E-state index contributed by atoms with van der Waals surface area (Å²) in [6.07, 6.45) is 1.22. The fourth-order valence-electron chi connectivity index (χ4n) is 2.60. The first-order valence-electron chi connectivity index (χ1n) is 7.40. The van der Waals surface area contributed by atoms with Crippen LogP contribution in [-0.4, -0.2) is 43.7 Å². The second-order valence-corrected chi connectivity index (χ2v) is 5.95. The molecule has 21 heavy (non-hydrogen) atoms. The molecule has 116 valence electrons. The standard InChI is InChI=1S/C16H25N3O2/c1-11-4-6-14(12(8-11)10-19(2)3)18-16(20)15-7-5-13(9-17)21-15/h4,6,8,13,15H,5,7,9-10,17H2,1-3H3,(H,18,20)/t13-,15+/m1/s1. The van der Waals surface area contributed by atoms with Gasteiger partial charge in [0, 0.05) is 18.8 Å². The Morgan fingerprint density at radius 1 is 1.43 bits per heavy atom. The minimum Gasteiger partial charge on any atom is -0.364 e. The van der Waals surface area contributed by atoms with Crippen LogP contribution in [0.2, 0.25) is 0 Å². The lowest BCUT2D eigenvalue weighted by atomic mass is 10.1. The zero-order valence-electron chi connectivity index (χ0n) is 13.1. The molecule has 5 heteroatoms. The maximum atomic E-state index is 12.3. The van der Waals surface area contributed by atoms with Gasteiger partial charge in [-0.2, -0.15) is 0 Å². The first-order valence-corrected chi connectivity index (χ1v) is 7.40. The Labute approximate surface area is 126 Å². The van der Waals surface area contributed by atoms with Gasteiger partial charge < -0.3 is 20.7 Å². The molecule has 0 radical (unpaired) electrons. The number of benzene rings is 1. The summed E-state index contributed by atoms with van der Waals surface area (Å²) >= 11 is 0. The number of nitrogens with zero attached hydrogens (tertiary/aromatic N) is 1. The topological polar surface area (TPSA) is 67.6 Å². The van der Waals surface area contributed by atoms with E-state index in [9.17, 15) is 4.79 Å². The molecule has 1 aliphatic rings. The van der Waals surface area contributed by atoms with Crippen LogP contribution in [0, 0.1) is 6.92 Å². The van der Waals surface area contributed by atoms with E-state index in [0.29, 0.717) is 6.54 Å². The minimum absolute atomic E-state index is 0.0139. The first kappa shape index (κ1) is 15.9. The van der Waals surface area contributed by atoms with Crippen LogP contribution in [0.25, 0.3) is 0 Å². The van der Waals surface area contributed by atoms with Crippen LogP contribution in [-0.2, 0) is 16.1 Å². The van der Waals surface area contributed by atoms with Crippen LogP contribution in [0.5, 0.6) is 0 Å². The lowest BCUT2D eigenvalue weighted by Gasteiger charge is -2.18. The number of anilines is 1. The number of rotatable bonds is 5. The van der Waals surface area contributed by atoms with Crippen molar-refractivity contribution in [3.8, 4) is 0 Å². The molecule has 1 heterocycles. The molecule has 2 rings (SSSR count). The summed E-state index contributed by atoms with van der Waals surface area (Å²) in [5.74, 6) is -0.0743. The van der Waals surface area contributed by atoms with Crippen LogP contribution >= 0.6 is 0 Å². The van der Waals surface area contributed by atoms with E-state index in [-0.39, 0.29) is 18.1 Å². The fraction of sp³-hybridized carbons (Fsp3) is 0.562. The molecule has 1 saturated heterocycles. The van der Waals surface area contributed by atoms with E-state index in [0.717, 1.165) is 30.6 Å². The van der Waals surface area contributed by atoms with Gasteiger partial charge in [0.15, 0.2) is 0 Å². The van der Waals surface area contributed by atoms with E-state index < -0.39 is 0 Å². The Hall–Kier alpha value is -1.43. The van der Waals surface area contributed by atoms with Gasteiger partial charge in [-0.1, -0.05) is 17.7 Å². The molecular weight excluding hydrogens is 266 g/mol. The molecular formula is C16H25N3O2. The summed E-state index contributed by atoms with van der Waals surface area (Å²) in [5.41, 5.74) is 8.74. The molecule has 0 aromatic heterocycles. The molecule has 1 aliphatic heterocycles. The van der Waals surface area contributed by atoms with Crippen molar-refractivity contribution in [1.82, 2.24) is 4.90 Å². The number of aryl methyl sites for hydroxylation is 1. The van der Waals surface area contributed by atoms with E-state index in [2.05, 4.69) is 23.2 Å². The zero-order chi connectivity index (χ0) is 15.4. The fourth-order valence-corrected chi connectivity index (χ4v) is 2.60. The quantitative estimate of drug-likeness (QED) is 0.863. The van der Waals surface area contributed by atoms with Crippen molar-refractivity contribution in [3.05, 3.63) is 29.3 Å². The van der Waals surface area contributed by atoms with Gasteiger partial charge in [-0.25, -0.2) is 0 Å². The monoisotopic (exact) mass is 291 g/mol. The summed E-state index contributed by atoms with van der Waals surface area (Å²) in [6.45, 7) is 3.31.